The molecule has 5 heteroatoms. The number of hydrogen-bond donors (Lipinski definition) is 1. The molecule has 0 unspecified atom stereocenters. The van der Waals surface area contributed by atoms with E-state index in [1.54, 1.807) is 19.9 Å². The molecular weight excluding hydrogens is 265 g/mol. The van der Waals surface area contributed by atoms with Gasteiger partial charge in [0, 0.05) is 4.47 Å². The van der Waals surface area contributed by atoms with Gasteiger partial charge in [-0.2, -0.15) is 0 Å². The summed E-state index contributed by atoms with van der Waals surface area (Å²) in [6.45, 7) is 3.26. The number of carbonyl (C=O) groups excluding carboxylic acids is 1. The monoisotopic (exact) mass is 273 g/mol. The number of carbonyl (C=O) groups is 1. The first-order valence-electron chi connectivity index (χ1n) is 4.40. The van der Waals surface area contributed by atoms with Crippen molar-refractivity contribution in [3.05, 3.63) is 22.4 Å². The number of fused-ring (bicyclic) bond motifs is 1. The summed E-state index contributed by atoms with van der Waals surface area (Å²) in [5.74, 6) is -0.522. The Balaban J connectivity index is 2.55. The van der Waals surface area contributed by atoms with Crippen LogP contribution >= 0.6 is 15.9 Å². The van der Waals surface area contributed by atoms with Gasteiger partial charge in [-0.25, -0.2) is 4.39 Å². The molecule has 0 atom stereocenters. The Morgan fingerprint density at radius 2 is 2.13 bits per heavy atom. The summed E-state index contributed by atoms with van der Waals surface area (Å²) in [5, 5.41) is 2.49. The molecule has 1 aromatic rings. The Morgan fingerprint density at radius 3 is 2.80 bits per heavy atom. The van der Waals surface area contributed by atoms with Crippen LogP contribution in [0.5, 0.6) is 5.75 Å². The number of anilines is 1. The number of rotatable bonds is 0. The van der Waals surface area contributed by atoms with E-state index < -0.39 is 11.4 Å². The third-order valence-electron chi connectivity index (χ3n) is 2.17. The molecule has 0 radical (unpaired) electrons. The zero-order chi connectivity index (χ0) is 11.2. The predicted molar refractivity (Wildman–Crippen MR) is 57.4 cm³/mol. The second-order valence-corrected chi connectivity index (χ2v) is 4.74. The van der Waals surface area contributed by atoms with Crippen molar-refractivity contribution in [1.29, 1.82) is 0 Å². The van der Waals surface area contributed by atoms with Gasteiger partial charge in [-0.1, -0.05) is 15.9 Å². The predicted octanol–water partition coefficient (Wildman–Crippen LogP) is 2.70. The average molecular weight is 274 g/mol. The van der Waals surface area contributed by atoms with E-state index in [0.717, 1.165) is 0 Å². The molecule has 1 amide bonds. The average Bonchev–Trinajstić information content (AvgIpc) is 2.08. The third kappa shape index (κ3) is 1.71. The number of benzene rings is 1. The van der Waals surface area contributed by atoms with Gasteiger partial charge in [-0.05, 0) is 26.0 Å². The quantitative estimate of drug-likeness (QED) is 0.789. The Kier molecular flexibility index (Phi) is 2.22. The van der Waals surface area contributed by atoms with E-state index in [4.69, 9.17) is 4.74 Å². The number of amides is 1. The second-order valence-electron chi connectivity index (χ2n) is 3.83. The summed E-state index contributed by atoms with van der Waals surface area (Å²) in [6.07, 6.45) is 0. The lowest BCUT2D eigenvalue weighted by molar-refractivity contribution is -0.129. The molecule has 0 aliphatic carbocycles. The lowest BCUT2D eigenvalue weighted by Crippen LogP contribution is -2.45. The SMILES string of the molecule is CC1(C)Oc2cc(Br)cc(F)c2NC1=O. The lowest BCUT2D eigenvalue weighted by atomic mass is 10.1. The number of ether oxygens (including phenoxy) is 1. The van der Waals surface area contributed by atoms with E-state index in [2.05, 4.69) is 21.2 Å². The first-order valence-corrected chi connectivity index (χ1v) is 5.19. The maximum absolute atomic E-state index is 13.4. The largest absolute Gasteiger partial charge is 0.476 e. The van der Waals surface area contributed by atoms with Crippen LogP contribution in [0.1, 0.15) is 13.8 Å². The first-order chi connectivity index (χ1) is 6.90. The lowest BCUT2D eigenvalue weighted by Gasteiger charge is -2.31. The molecule has 1 aliphatic heterocycles. The zero-order valence-electron chi connectivity index (χ0n) is 8.23. The Bertz CT molecular complexity index is 445. The van der Waals surface area contributed by atoms with Crippen LogP contribution in [0.4, 0.5) is 10.1 Å². The minimum atomic E-state index is -0.972. The highest BCUT2D eigenvalue weighted by atomic mass is 79.9. The van der Waals surface area contributed by atoms with E-state index in [1.165, 1.54) is 6.07 Å². The summed E-state index contributed by atoms with van der Waals surface area (Å²) in [5.41, 5.74) is -0.872. The molecule has 0 saturated carbocycles. The molecule has 0 bridgehead atoms. The molecule has 0 spiro atoms. The van der Waals surface area contributed by atoms with Crippen LogP contribution in [0, 0.1) is 5.82 Å². The Hall–Kier alpha value is -1.10. The van der Waals surface area contributed by atoms with Crippen molar-refractivity contribution in [3.8, 4) is 5.75 Å². The molecule has 1 aromatic carbocycles. The first kappa shape index (κ1) is 10.4. The van der Waals surface area contributed by atoms with Crippen LogP contribution in [-0.4, -0.2) is 11.5 Å². The summed E-state index contributed by atoms with van der Waals surface area (Å²) in [4.78, 5) is 11.5. The van der Waals surface area contributed by atoms with E-state index in [-0.39, 0.29) is 11.6 Å². The minimum Gasteiger partial charge on any atom is -0.476 e. The standard InChI is InChI=1S/C10H9BrFNO2/c1-10(2)9(14)13-8-6(12)3-5(11)4-7(8)15-10/h3-4H,1-2H3,(H,13,14). The van der Waals surface area contributed by atoms with E-state index >= 15 is 0 Å². The van der Waals surface area contributed by atoms with Gasteiger partial charge in [0.2, 0.25) is 0 Å². The zero-order valence-corrected chi connectivity index (χ0v) is 9.81. The fraction of sp³-hybridized carbons (Fsp3) is 0.300. The summed E-state index contributed by atoms with van der Waals surface area (Å²) in [6, 6.07) is 2.90. The fourth-order valence-electron chi connectivity index (χ4n) is 1.34. The molecular formula is C10H9BrFNO2. The minimum absolute atomic E-state index is 0.0996. The molecule has 15 heavy (non-hydrogen) atoms. The van der Waals surface area contributed by atoms with Gasteiger partial charge in [-0.3, -0.25) is 4.79 Å². The van der Waals surface area contributed by atoms with E-state index in [1.807, 2.05) is 0 Å². The maximum atomic E-state index is 13.4. The van der Waals surface area contributed by atoms with Gasteiger partial charge in [0.05, 0.1) is 0 Å². The molecule has 2 rings (SSSR count). The van der Waals surface area contributed by atoms with Gasteiger partial charge < -0.3 is 10.1 Å². The van der Waals surface area contributed by atoms with Gasteiger partial charge in [0.1, 0.15) is 11.4 Å². The molecule has 0 saturated heterocycles. The normalized spacial score (nSPS) is 17.7. The van der Waals surface area contributed by atoms with Crippen LogP contribution in [0.15, 0.2) is 16.6 Å². The van der Waals surface area contributed by atoms with Crippen molar-refractivity contribution in [2.75, 3.05) is 5.32 Å². The highest BCUT2D eigenvalue weighted by Gasteiger charge is 2.36. The summed E-state index contributed by atoms with van der Waals surface area (Å²) in [7, 11) is 0. The van der Waals surface area contributed by atoms with E-state index in [0.29, 0.717) is 10.2 Å². The smallest absolute Gasteiger partial charge is 0.268 e. The van der Waals surface area contributed by atoms with Gasteiger partial charge in [0.25, 0.3) is 5.91 Å². The van der Waals surface area contributed by atoms with Crippen molar-refractivity contribution in [2.45, 2.75) is 19.4 Å². The summed E-state index contributed by atoms with van der Waals surface area (Å²) < 4.78 is 19.4. The highest BCUT2D eigenvalue weighted by molar-refractivity contribution is 9.10. The van der Waals surface area contributed by atoms with Crippen molar-refractivity contribution >= 4 is 27.5 Å². The topological polar surface area (TPSA) is 38.3 Å². The molecule has 80 valence electrons. The third-order valence-corrected chi connectivity index (χ3v) is 2.63. The van der Waals surface area contributed by atoms with Gasteiger partial charge in [-0.15, -0.1) is 0 Å². The van der Waals surface area contributed by atoms with Crippen LogP contribution in [0.3, 0.4) is 0 Å². The van der Waals surface area contributed by atoms with Crippen molar-refractivity contribution in [3.63, 3.8) is 0 Å². The van der Waals surface area contributed by atoms with Crippen LogP contribution in [-0.2, 0) is 4.79 Å². The molecule has 1 N–H and O–H groups in total. The Labute approximate surface area is 94.7 Å². The van der Waals surface area contributed by atoms with Gasteiger partial charge >= 0.3 is 0 Å². The fourth-order valence-corrected chi connectivity index (χ4v) is 1.75. The molecule has 1 heterocycles. The number of halogens is 2. The molecule has 0 fully saturated rings. The van der Waals surface area contributed by atoms with Gasteiger partial charge in [0.15, 0.2) is 11.4 Å². The number of hydrogen-bond acceptors (Lipinski definition) is 2. The highest BCUT2D eigenvalue weighted by Crippen LogP contribution is 2.37. The molecule has 3 nitrogen and oxygen atoms in total. The second kappa shape index (κ2) is 3.20. The van der Waals surface area contributed by atoms with E-state index in [9.17, 15) is 9.18 Å². The Morgan fingerprint density at radius 1 is 1.47 bits per heavy atom. The molecule has 1 aliphatic rings. The summed E-state index contributed by atoms with van der Waals surface area (Å²) >= 11 is 3.16. The van der Waals surface area contributed by atoms with Crippen LogP contribution in [0.2, 0.25) is 0 Å². The van der Waals surface area contributed by atoms with Crippen LogP contribution in [0.25, 0.3) is 0 Å². The van der Waals surface area contributed by atoms with Crippen molar-refractivity contribution in [2.24, 2.45) is 0 Å². The van der Waals surface area contributed by atoms with Crippen molar-refractivity contribution < 1.29 is 13.9 Å². The number of nitrogens with one attached hydrogen (secondary N) is 1. The maximum Gasteiger partial charge on any atom is 0.268 e. The molecule has 0 aromatic heterocycles. The van der Waals surface area contributed by atoms with Crippen molar-refractivity contribution in [1.82, 2.24) is 0 Å². The van der Waals surface area contributed by atoms with Crippen LogP contribution < -0.4 is 10.1 Å².